The lowest BCUT2D eigenvalue weighted by molar-refractivity contribution is 0.430. The molecule has 0 amide bonds. The maximum Gasteiger partial charge on any atom is 0.257 e. The number of hydrogen-bond donors (Lipinski definition) is 0. The van der Waals surface area contributed by atoms with Crippen LogP contribution >= 0.6 is 0 Å². The smallest absolute Gasteiger partial charge is 0.257 e. The van der Waals surface area contributed by atoms with Crippen molar-refractivity contribution in [2.45, 2.75) is 43.9 Å². The Bertz CT molecular complexity index is 1070. The molecule has 1 saturated carbocycles. The van der Waals surface area contributed by atoms with Crippen LogP contribution < -0.4 is 0 Å². The third kappa shape index (κ3) is 2.70. The predicted octanol–water partition coefficient (Wildman–Crippen LogP) is 2.83. The minimum absolute atomic E-state index is 0.0728. The summed E-state index contributed by atoms with van der Waals surface area (Å²) in [7, 11) is -3.00. The summed E-state index contributed by atoms with van der Waals surface area (Å²) in [5, 5.41) is 13.3. The van der Waals surface area contributed by atoms with Crippen LogP contribution in [0.2, 0.25) is 0 Å². The van der Waals surface area contributed by atoms with Crippen LogP contribution in [0.4, 0.5) is 0 Å². The summed E-state index contributed by atoms with van der Waals surface area (Å²) in [6.45, 7) is 0. The van der Waals surface area contributed by atoms with Gasteiger partial charge in [0.25, 0.3) is 5.71 Å². The molecule has 8 nitrogen and oxygen atoms in total. The van der Waals surface area contributed by atoms with E-state index in [-0.39, 0.29) is 17.4 Å². The molecule has 0 spiro atoms. The minimum Gasteiger partial charge on any atom is -0.420 e. The van der Waals surface area contributed by atoms with Gasteiger partial charge >= 0.3 is 0 Å². The first kappa shape index (κ1) is 15.9. The summed E-state index contributed by atoms with van der Waals surface area (Å²) in [4.78, 5) is 4.33. The lowest BCUT2D eigenvalue weighted by Gasteiger charge is -2.04. The molecule has 2 fully saturated rings. The third-order valence-corrected chi connectivity index (χ3v) is 7.14. The van der Waals surface area contributed by atoms with Crippen LogP contribution in [0, 0.1) is 0 Å². The van der Waals surface area contributed by atoms with E-state index in [9.17, 15) is 8.42 Å². The highest BCUT2D eigenvalue weighted by molar-refractivity contribution is 7.91. The second-order valence-electron chi connectivity index (χ2n) is 7.17. The lowest BCUT2D eigenvalue weighted by atomic mass is 10.0. The van der Waals surface area contributed by atoms with Crippen molar-refractivity contribution in [2.75, 3.05) is 11.5 Å². The topological polar surface area (TPSA) is 112 Å². The van der Waals surface area contributed by atoms with Gasteiger partial charge in [-0.25, -0.2) is 13.4 Å². The van der Waals surface area contributed by atoms with E-state index in [1.807, 2.05) is 6.07 Å². The summed E-state index contributed by atoms with van der Waals surface area (Å²) in [6, 6.07) is 1.93. The Kier molecular flexibility index (Phi) is 3.59. The number of rotatable bonds is 3. The zero-order valence-corrected chi connectivity index (χ0v) is 14.9. The van der Waals surface area contributed by atoms with Gasteiger partial charge in [0.05, 0.1) is 34.1 Å². The molecule has 26 heavy (non-hydrogen) atoms. The third-order valence-electron chi connectivity index (χ3n) is 5.37. The Morgan fingerprint density at radius 1 is 1.08 bits per heavy atom. The highest BCUT2D eigenvalue weighted by Gasteiger charge is 2.33. The van der Waals surface area contributed by atoms with Crippen LogP contribution in [0.3, 0.4) is 0 Å². The van der Waals surface area contributed by atoms with Gasteiger partial charge in [-0.05, 0) is 25.3 Å². The summed E-state index contributed by atoms with van der Waals surface area (Å²) >= 11 is 0. The van der Waals surface area contributed by atoms with E-state index in [0.717, 1.165) is 23.9 Å². The Balaban J connectivity index is 1.48. The lowest BCUT2D eigenvalue weighted by Crippen LogP contribution is -2.03. The number of nitrogens with zero attached hydrogens (tertiary/aromatic N) is 4. The van der Waals surface area contributed by atoms with Crippen molar-refractivity contribution in [1.82, 2.24) is 20.3 Å². The Morgan fingerprint density at radius 2 is 1.92 bits per heavy atom. The van der Waals surface area contributed by atoms with Gasteiger partial charge in [0, 0.05) is 12.1 Å². The quantitative estimate of drug-likeness (QED) is 0.688. The maximum absolute atomic E-state index is 11.7. The van der Waals surface area contributed by atoms with Gasteiger partial charge in [0.15, 0.2) is 9.84 Å². The number of fused-ring (bicyclic) bond motifs is 1. The molecule has 0 aromatic carbocycles. The first-order valence-corrected chi connectivity index (χ1v) is 10.7. The molecule has 0 N–H and O–H groups in total. The minimum atomic E-state index is -3.00. The summed E-state index contributed by atoms with van der Waals surface area (Å²) in [5.41, 5.74) is 2.16. The van der Waals surface area contributed by atoms with E-state index in [4.69, 9.17) is 8.94 Å². The van der Waals surface area contributed by atoms with Gasteiger partial charge in [0.2, 0.25) is 11.8 Å². The molecule has 1 atom stereocenters. The van der Waals surface area contributed by atoms with E-state index in [0.29, 0.717) is 35.4 Å². The summed E-state index contributed by atoms with van der Waals surface area (Å²) in [6.07, 6.45) is 6.81. The Labute approximate surface area is 149 Å². The normalized spacial score (nSPS) is 23.2. The average Bonchev–Trinajstić information content (AvgIpc) is 3.39. The maximum atomic E-state index is 11.7. The van der Waals surface area contributed by atoms with E-state index in [1.54, 1.807) is 6.20 Å². The van der Waals surface area contributed by atoms with Crippen LogP contribution in [0.25, 0.3) is 22.6 Å². The molecule has 5 rings (SSSR count). The van der Waals surface area contributed by atoms with Crippen molar-refractivity contribution < 1.29 is 17.4 Å². The molecule has 3 aromatic heterocycles. The fourth-order valence-electron chi connectivity index (χ4n) is 3.97. The molecule has 136 valence electrons. The highest BCUT2D eigenvalue weighted by atomic mass is 32.2. The second-order valence-corrected chi connectivity index (χ2v) is 9.40. The predicted molar refractivity (Wildman–Crippen MR) is 92.3 cm³/mol. The van der Waals surface area contributed by atoms with E-state index in [2.05, 4.69) is 20.3 Å². The number of aromatic nitrogens is 4. The van der Waals surface area contributed by atoms with Crippen LogP contribution in [-0.4, -0.2) is 40.3 Å². The summed E-state index contributed by atoms with van der Waals surface area (Å²) in [5.74, 6) is 1.16. The molecule has 1 aliphatic heterocycles. The zero-order chi connectivity index (χ0) is 17.7. The van der Waals surface area contributed by atoms with Crippen LogP contribution in [0.5, 0.6) is 0 Å². The standard InChI is InChI=1S/C17H18N4O4S/c22-26(23)6-5-11(9-26)15-19-20-16(24-15)12-7-13-14(10-3-1-2-4-10)21-25-17(13)18-8-12/h7-8,10-11H,1-6,9H2/t11-/m1/s1. The van der Waals surface area contributed by atoms with Gasteiger partial charge in [0.1, 0.15) is 0 Å². The van der Waals surface area contributed by atoms with Crippen molar-refractivity contribution in [3.8, 4) is 11.5 Å². The largest absolute Gasteiger partial charge is 0.420 e. The van der Waals surface area contributed by atoms with Crippen molar-refractivity contribution in [2.24, 2.45) is 0 Å². The van der Waals surface area contributed by atoms with Crippen molar-refractivity contribution >= 4 is 20.9 Å². The van der Waals surface area contributed by atoms with E-state index >= 15 is 0 Å². The fraction of sp³-hybridized carbons (Fsp3) is 0.529. The van der Waals surface area contributed by atoms with Crippen molar-refractivity contribution in [3.63, 3.8) is 0 Å². The molecule has 3 aromatic rings. The highest BCUT2D eigenvalue weighted by Crippen LogP contribution is 2.37. The van der Waals surface area contributed by atoms with E-state index in [1.165, 1.54) is 12.8 Å². The molecule has 1 saturated heterocycles. The fourth-order valence-corrected chi connectivity index (χ4v) is 5.70. The monoisotopic (exact) mass is 374 g/mol. The molecule has 0 radical (unpaired) electrons. The van der Waals surface area contributed by atoms with Gasteiger partial charge in [-0.3, -0.25) is 0 Å². The molecular weight excluding hydrogens is 356 g/mol. The Hall–Kier alpha value is -2.29. The average molecular weight is 374 g/mol. The number of hydrogen-bond acceptors (Lipinski definition) is 8. The first-order valence-electron chi connectivity index (χ1n) is 8.88. The molecule has 2 aliphatic rings. The molecule has 0 bridgehead atoms. The van der Waals surface area contributed by atoms with Crippen LogP contribution in [0.15, 0.2) is 21.2 Å². The molecule has 4 heterocycles. The van der Waals surface area contributed by atoms with Gasteiger partial charge < -0.3 is 8.94 Å². The first-order chi connectivity index (χ1) is 12.6. The summed E-state index contributed by atoms with van der Waals surface area (Å²) < 4.78 is 34.4. The molecule has 1 aliphatic carbocycles. The van der Waals surface area contributed by atoms with Gasteiger partial charge in [-0.2, -0.15) is 0 Å². The molecule has 9 heteroatoms. The molecule has 0 unspecified atom stereocenters. The SMILES string of the molecule is O=S1(=O)CC[C@@H](c2nnc(-c3cnc4onc(C5CCCC5)c4c3)o2)C1. The van der Waals surface area contributed by atoms with Crippen LogP contribution in [-0.2, 0) is 9.84 Å². The van der Waals surface area contributed by atoms with Crippen LogP contribution in [0.1, 0.15) is 55.5 Å². The zero-order valence-electron chi connectivity index (χ0n) is 14.1. The number of sulfone groups is 1. The number of pyridine rings is 1. The van der Waals surface area contributed by atoms with E-state index < -0.39 is 9.84 Å². The Morgan fingerprint density at radius 3 is 2.69 bits per heavy atom. The van der Waals surface area contributed by atoms with Crippen molar-refractivity contribution in [3.05, 3.63) is 23.8 Å². The second kappa shape index (κ2) is 5.87. The molecular formula is C17H18N4O4S. The van der Waals surface area contributed by atoms with Gasteiger partial charge in [-0.15, -0.1) is 10.2 Å². The van der Waals surface area contributed by atoms with Gasteiger partial charge in [-0.1, -0.05) is 18.0 Å². The van der Waals surface area contributed by atoms with Crippen molar-refractivity contribution in [1.29, 1.82) is 0 Å².